The number of anilines is 6. The second-order valence-corrected chi connectivity index (χ2v) is 34.4. The molecule has 0 atom stereocenters. The summed E-state index contributed by atoms with van der Waals surface area (Å²) in [5, 5.41) is 58.4. The molecule has 12 aromatic rings. The van der Waals surface area contributed by atoms with Crippen LogP contribution in [-0.4, -0.2) is 96.6 Å². The van der Waals surface area contributed by atoms with Gasteiger partial charge in [-0.05, 0) is 261 Å². The standard InChI is InChI=1S/C16H18BrNO5S.C16H19NO5S.C15H16BrNO3.C15H17NO3.C10H8BrNO.C10H9NO/c1-16(2,3)22-15(19)18-14-8-7-13(17)11-6-5-10(9-12(11)14)23-24(4,20)21;1-16(2,3)21-15(18)17-14-7-5-6-11-8-9-12(10-13(11)14)22-23(4,19)20;1-15(2,3)20-14(19)17-13-7-6-12(16)10-5-4-9(18)8-11(10)13;1-15(2,3)19-14(18)16-13-6-4-5-10-7-8-11(17)9-12(10)13;11-9-3-4-10(12)8-5-6(13)1-2-7(8)9;11-10-3-1-2-7-4-5-8(12)6-9(7)10/h5-9H,1-4H3,(H,18,19);5-10H,1-4H3,(H,17,18);4-8,18H,1-3H3,(H,17,19);4-9,17H,1-3H3,(H,16,18);1-5,13H,12H2;1-6,12H,11H2. The molecule has 0 aliphatic carbocycles. The number of phenolic OH excluding ortho intramolecular Hbond substituents is 4. The van der Waals surface area contributed by atoms with Gasteiger partial charge in [0.05, 0.1) is 35.3 Å². The molecular formula is C82H87Br3N6O18S2. The first kappa shape index (κ1) is 87.2. The number of amides is 4. The smallest absolute Gasteiger partial charge is 0.412 e. The molecule has 29 heteroatoms. The third-order valence-electron chi connectivity index (χ3n) is 14.5. The fraction of sp³-hybridized carbons (Fsp3) is 0.220. The zero-order valence-electron chi connectivity index (χ0n) is 63.2. The Morgan fingerprint density at radius 2 is 0.586 bits per heavy atom. The van der Waals surface area contributed by atoms with Crippen LogP contribution in [0.25, 0.3) is 64.6 Å². The van der Waals surface area contributed by atoms with Crippen molar-refractivity contribution in [2.24, 2.45) is 0 Å². The normalized spacial score (nSPS) is 11.4. The van der Waals surface area contributed by atoms with Crippen molar-refractivity contribution in [1.29, 1.82) is 0 Å². The van der Waals surface area contributed by atoms with E-state index in [1.54, 1.807) is 196 Å². The number of fused-ring (bicyclic) bond motifs is 6. The Labute approximate surface area is 669 Å². The van der Waals surface area contributed by atoms with Gasteiger partial charge in [-0.3, -0.25) is 21.3 Å². The SMILES string of the molecule is CC(C)(C)OC(=O)Nc1ccc(Br)c2ccc(O)cc12.CC(C)(C)OC(=O)Nc1ccc(Br)c2ccc(OS(C)(=O)=O)cc12.CC(C)(C)OC(=O)Nc1cccc2ccc(O)cc12.CC(C)(C)OC(=O)Nc1cccc2ccc(OS(C)(=O)=O)cc12.Nc1ccc(Br)c2ccc(O)cc12.Nc1cccc2ccc(O)cc12. The van der Waals surface area contributed by atoms with Gasteiger partial charge in [-0.25, -0.2) is 19.2 Å². The number of nitrogens with one attached hydrogen (secondary N) is 4. The van der Waals surface area contributed by atoms with Crippen molar-refractivity contribution in [2.45, 2.75) is 105 Å². The highest BCUT2D eigenvalue weighted by atomic mass is 79.9. The highest BCUT2D eigenvalue weighted by Crippen LogP contribution is 2.37. The summed E-state index contributed by atoms with van der Waals surface area (Å²) in [6.45, 7) is 21.5. The monoisotopic (exact) mass is 1740 g/mol. The van der Waals surface area contributed by atoms with Gasteiger partial charge in [0.15, 0.2) is 0 Å². The van der Waals surface area contributed by atoms with Gasteiger partial charge >= 0.3 is 44.6 Å². The molecule has 0 aliphatic heterocycles. The minimum Gasteiger partial charge on any atom is -0.508 e. The third kappa shape index (κ3) is 28.1. The number of hydrogen-bond donors (Lipinski definition) is 10. The number of benzene rings is 12. The molecule has 12 N–H and O–H groups in total. The highest BCUT2D eigenvalue weighted by molar-refractivity contribution is 9.11. The predicted molar refractivity (Wildman–Crippen MR) is 453 cm³/mol. The number of halogens is 3. The topological polar surface area (TPSA) is 373 Å². The Morgan fingerprint density at radius 3 is 0.982 bits per heavy atom. The van der Waals surface area contributed by atoms with Crippen LogP contribution in [0.5, 0.6) is 34.5 Å². The highest BCUT2D eigenvalue weighted by Gasteiger charge is 2.22. The number of phenols is 4. The van der Waals surface area contributed by atoms with Crippen LogP contribution in [0.4, 0.5) is 53.3 Å². The molecule has 12 rings (SSSR count). The van der Waals surface area contributed by atoms with Gasteiger partial charge in [0.25, 0.3) is 0 Å². The lowest BCUT2D eigenvalue weighted by Gasteiger charge is -2.20. The van der Waals surface area contributed by atoms with Gasteiger partial charge in [0.2, 0.25) is 0 Å². The van der Waals surface area contributed by atoms with Crippen LogP contribution >= 0.6 is 47.8 Å². The van der Waals surface area contributed by atoms with E-state index in [4.69, 9.17) is 38.8 Å². The van der Waals surface area contributed by atoms with Crippen LogP contribution in [0.15, 0.2) is 214 Å². The van der Waals surface area contributed by atoms with Crippen LogP contribution in [0, 0.1) is 0 Å². The maximum absolute atomic E-state index is 12.0. The van der Waals surface area contributed by atoms with Crippen LogP contribution < -0.4 is 41.1 Å². The van der Waals surface area contributed by atoms with Crippen molar-refractivity contribution < 1.29 is 83.8 Å². The molecular weight excluding hydrogens is 1660 g/mol. The first-order valence-electron chi connectivity index (χ1n) is 33.9. The van der Waals surface area contributed by atoms with E-state index < -0.39 is 67.0 Å². The lowest BCUT2D eigenvalue weighted by atomic mass is 10.1. The summed E-state index contributed by atoms with van der Waals surface area (Å²) < 4.78 is 78.5. The number of hydrogen-bond acceptors (Lipinski definition) is 20. The number of carbonyl (C=O) groups is 4. The molecule has 111 heavy (non-hydrogen) atoms. The summed E-state index contributed by atoms with van der Waals surface area (Å²) in [5.41, 5.74) is 12.7. The first-order chi connectivity index (χ1) is 51.5. The van der Waals surface area contributed by atoms with E-state index in [0.29, 0.717) is 44.9 Å². The van der Waals surface area contributed by atoms with Crippen molar-refractivity contribution in [3.8, 4) is 34.5 Å². The van der Waals surface area contributed by atoms with Gasteiger partial charge in [0.1, 0.15) is 56.9 Å². The minimum absolute atomic E-state index is 0.142. The van der Waals surface area contributed by atoms with Crippen LogP contribution in [0.1, 0.15) is 83.1 Å². The average Bonchev–Trinajstić information content (AvgIpc) is 0.809. The molecule has 4 amide bonds. The molecule has 0 aromatic heterocycles. The maximum atomic E-state index is 12.0. The molecule has 0 saturated carbocycles. The Bertz CT molecular complexity index is 5670. The second kappa shape index (κ2) is 36.7. The number of carbonyl (C=O) groups excluding carboxylic acids is 4. The fourth-order valence-electron chi connectivity index (χ4n) is 10.3. The fourth-order valence-corrected chi connectivity index (χ4v) is 12.6. The molecule has 12 aromatic carbocycles. The number of ether oxygens (including phenoxy) is 4. The largest absolute Gasteiger partial charge is 0.508 e. The van der Waals surface area contributed by atoms with Crippen molar-refractivity contribution in [3.05, 3.63) is 214 Å². The van der Waals surface area contributed by atoms with Gasteiger partial charge in [-0.1, -0.05) is 102 Å². The van der Waals surface area contributed by atoms with Gasteiger partial charge < -0.3 is 59.2 Å². The summed E-state index contributed by atoms with van der Waals surface area (Å²) in [7, 11) is -7.26. The molecule has 586 valence electrons. The van der Waals surface area contributed by atoms with E-state index >= 15 is 0 Å². The first-order valence-corrected chi connectivity index (χ1v) is 39.9. The maximum Gasteiger partial charge on any atom is 0.412 e. The lowest BCUT2D eigenvalue weighted by Crippen LogP contribution is -2.27. The minimum atomic E-state index is -3.64. The molecule has 0 bridgehead atoms. The van der Waals surface area contributed by atoms with Gasteiger partial charge in [-0.15, -0.1) is 0 Å². The van der Waals surface area contributed by atoms with E-state index in [0.717, 1.165) is 79.8 Å². The van der Waals surface area contributed by atoms with Gasteiger partial charge in [0, 0.05) is 57.1 Å². The molecule has 0 unspecified atom stereocenters. The molecule has 24 nitrogen and oxygen atoms in total. The zero-order chi connectivity index (χ0) is 82.3. The lowest BCUT2D eigenvalue weighted by molar-refractivity contribution is 0.0625. The Morgan fingerprint density at radius 1 is 0.315 bits per heavy atom. The quantitative estimate of drug-likeness (QED) is 0.0384. The summed E-state index contributed by atoms with van der Waals surface area (Å²) in [5.74, 6) is 1.13. The number of nitrogen functional groups attached to an aromatic ring is 2. The summed E-state index contributed by atoms with van der Waals surface area (Å²) in [6.07, 6.45) is -0.271. The van der Waals surface area contributed by atoms with Crippen LogP contribution in [0.3, 0.4) is 0 Å². The summed E-state index contributed by atoms with van der Waals surface area (Å²) in [4.78, 5) is 47.5. The third-order valence-corrected chi connectivity index (χ3v) is 17.6. The molecule has 0 heterocycles. The van der Waals surface area contributed by atoms with Crippen molar-refractivity contribution in [2.75, 3.05) is 45.2 Å². The second-order valence-electron chi connectivity index (χ2n) is 28.7. The zero-order valence-corrected chi connectivity index (χ0v) is 69.6. The van der Waals surface area contributed by atoms with E-state index in [2.05, 4.69) is 69.1 Å². The Hall–Kier alpha value is -11.0. The van der Waals surface area contributed by atoms with E-state index in [-0.39, 0.29) is 34.5 Å². The Kier molecular flexibility index (Phi) is 28.8. The molecule has 0 spiro atoms. The van der Waals surface area contributed by atoms with Crippen molar-refractivity contribution in [1.82, 2.24) is 0 Å². The van der Waals surface area contributed by atoms with E-state index in [1.807, 2.05) is 87.5 Å². The molecule has 0 saturated heterocycles. The number of nitrogens with two attached hydrogens (primary N) is 2. The van der Waals surface area contributed by atoms with E-state index in [1.165, 1.54) is 0 Å². The van der Waals surface area contributed by atoms with Crippen molar-refractivity contribution >= 4 is 191 Å². The van der Waals surface area contributed by atoms with Gasteiger partial charge in [-0.2, -0.15) is 16.8 Å². The molecule has 0 fully saturated rings. The summed E-state index contributed by atoms with van der Waals surface area (Å²) in [6, 6.07) is 57.3. The molecule has 0 aliphatic rings. The number of aromatic hydroxyl groups is 4. The summed E-state index contributed by atoms with van der Waals surface area (Å²) >= 11 is 10.3. The Balaban J connectivity index is 0.000000188. The van der Waals surface area contributed by atoms with Crippen LogP contribution in [0.2, 0.25) is 0 Å². The average molecular weight is 1750 g/mol. The molecule has 0 radical (unpaired) electrons. The van der Waals surface area contributed by atoms with Crippen molar-refractivity contribution in [3.63, 3.8) is 0 Å². The predicted octanol–water partition coefficient (Wildman–Crippen LogP) is 21.4. The van der Waals surface area contributed by atoms with Crippen LogP contribution in [-0.2, 0) is 39.2 Å². The number of rotatable bonds is 8. The van der Waals surface area contributed by atoms with E-state index in [9.17, 15) is 56.4 Å².